The van der Waals surface area contributed by atoms with Gasteiger partial charge in [0, 0.05) is 21.5 Å². The molecule has 0 saturated carbocycles. The van der Waals surface area contributed by atoms with Gasteiger partial charge in [-0.05, 0) is 12.1 Å². The average molecular weight is 353 g/mol. The predicted octanol–water partition coefficient (Wildman–Crippen LogP) is 4.77. The van der Waals surface area contributed by atoms with Crippen molar-refractivity contribution in [2.24, 2.45) is 0 Å². The van der Waals surface area contributed by atoms with Crippen molar-refractivity contribution in [3.63, 3.8) is 0 Å². The molecule has 0 unspecified atom stereocenters. The molecule has 4 nitrogen and oxygen atoms in total. The molecule has 2 heterocycles. The van der Waals surface area contributed by atoms with Gasteiger partial charge in [0.2, 0.25) is 0 Å². The number of hydrogen-bond acceptors (Lipinski definition) is 4. The fourth-order valence-electron chi connectivity index (χ4n) is 2.47. The van der Waals surface area contributed by atoms with Gasteiger partial charge in [-0.25, -0.2) is 9.67 Å². The van der Waals surface area contributed by atoms with Gasteiger partial charge in [0.1, 0.15) is 5.01 Å². The summed E-state index contributed by atoms with van der Waals surface area (Å²) in [6, 6.07) is 17.8. The van der Waals surface area contributed by atoms with Gasteiger partial charge in [0.05, 0.1) is 24.1 Å². The van der Waals surface area contributed by atoms with E-state index in [1.54, 1.807) is 17.5 Å². The van der Waals surface area contributed by atoms with E-state index in [2.05, 4.69) is 27.8 Å². The van der Waals surface area contributed by atoms with Crippen LogP contribution in [0.25, 0.3) is 21.8 Å². The lowest BCUT2D eigenvalue weighted by Gasteiger charge is -2.04. The van der Waals surface area contributed by atoms with Crippen LogP contribution in [0.15, 0.2) is 66.2 Å². The SMILES string of the molecule is Clc1ccc(-c2nc(Cn3nncc3-c3ccccc3)cs2)cc1. The molecule has 2 aromatic heterocycles. The molecule has 0 saturated heterocycles. The predicted molar refractivity (Wildman–Crippen MR) is 97.1 cm³/mol. The zero-order chi connectivity index (χ0) is 16.4. The standard InChI is InChI=1S/C18H13ClN4S/c19-15-8-6-14(7-9-15)18-21-16(12-24-18)11-23-17(10-20-22-23)13-4-2-1-3-5-13/h1-10,12H,11H2. The number of hydrogen-bond donors (Lipinski definition) is 0. The molecule has 0 spiro atoms. The number of rotatable bonds is 4. The van der Waals surface area contributed by atoms with Crippen LogP contribution < -0.4 is 0 Å². The van der Waals surface area contributed by atoms with Gasteiger partial charge >= 0.3 is 0 Å². The molecular formula is C18H13ClN4S. The van der Waals surface area contributed by atoms with Crippen LogP contribution >= 0.6 is 22.9 Å². The van der Waals surface area contributed by atoms with Crippen LogP contribution in [0.2, 0.25) is 5.02 Å². The molecule has 6 heteroatoms. The molecule has 4 rings (SSSR count). The van der Waals surface area contributed by atoms with Crippen LogP contribution in [0.1, 0.15) is 5.69 Å². The summed E-state index contributed by atoms with van der Waals surface area (Å²) in [4.78, 5) is 4.71. The van der Waals surface area contributed by atoms with E-state index in [4.69, 9.17) is 16.6 Å². The highest BCUT2D eigenvalue weighted by molar-refractivity contribution is 7.13. The summed E-state index contributed by atoms with van der Waals surface area (Å²) in [6.07, 6.45) is 1.78. The summed E-state index contributed by atoms with van der Waals surface area (Å²) in [5.41, 5.74) is 4.11. The minimum absolute atomic E-state index is 0.592. The van der Waals surface area contributed by atoms with Crippen LogP contribution in [0.3, 0.4) is 0 Å². The van der Waals surface area contributed by atoms with E-state index in [1.807, 2.05) is 47.1 Å². The highest BCUT2D eigenvalue weighted by atomic mass is 35.5. The van der Waals surface area contributed by atoms with Gasteiger partial charge in [-0.2, -0.15) is 0 Å². The van der Waals surface area contributed by atoms with Crippen LogP contribution in [0, 0.1) is 0 Å². The first-order valence-electron chi connectivity index (χ1n) is 7.44. The van der Waals surface area contributed by atoms with Crippen molar-refractivity contribution in [3.05, 3.63) is 76.9 Å². The summed E-state index contributed by atoms with van der Waals surface area (Å²) in [6.45, 7) is 0.592. The molecule has 0 fully saturated rings. The second-order valence-corrected chi connectivity index (χ2v) is 6.59. The Morgan fingerprint density at radius 3 is 2.54 bits per heavy atom. The molecule has 0 radical (unpaired) electrons. The molecule has 0 aliphatic heterocycles. The zero-order valence-electron chi connectivity index (χ0n) is 12.6. The molecule has 2 aromatic carbocycles. The molecule has 0 bridgehead atoms. The van der Waals surface area contributed by atoms with E-state index in [-0.39, 0.29) is 0 Å². The molecule has 0 amide bonds. The van der Waals surface area contributed by atoms with Crippen LogP contribution in [-0.2, 0) is 6.54 Å². The summed E-state index contributed by atoms with van der Waals surface area (Å²) in [7, 11) is 0. The average Bonchev–Trinajstić information content (AvgIpc) is 3.26. The van der Waals surface area contributed by atoms with Crippen molar-refractivity contribution in [1.82, 2.24) is 20.0 Å². The van der Waals surface area contributed by atoms with E-state index in [9.17, 15) is 0 Å². The Morgan fingerprint density at radius 2 is 1.75 bits per heavy atom. The Balaban J connectivity index is 1.59. The second-order valence-electron chi connectivity index (χ2n) is 5.29. The monoisotopic (exact) mass is 352 g/mol. The first kappa shape index (κ1) is 15.1. The minimum Gasteiger partial charge on any atom is -0.239 e. The fraction of sp³-hybridized carbons (Fsp3) is 0.0556. The third-order valence-corrected chi connectivity index (χ3v) is 4.83. The van der Waals surface area contributed by atoms with Crippen LogP contribution in [-0.4, -0.2) is 20.0 Å². The first-order chi connectivity index (χ1) is 11.8. The molecule has 118 valence electrons. The third kappa shape index (κ3) is 3.09. The zero-order valence-corrected chi connectivity index (χ0v) is 14.2. The summed E-state index contributed by atoms with van der Waals surface area (Å²) < 4.78 is 1.87. The Morgan fingerprint density at radius 1 is 0.958 bits per heavy atom. The molecule has 4 aromatic rings. The van der Waals surface area contributed by atoms with Crippen LogP contribution in [0.5, 0.6) is 0 Å². The van der Waals surface area contributed by atoms with Gasteiger partial charge in [0.15, 0.2) is 0 Å². The summed E-state index contributed by atoms with van der Waals surface area (Å²) in [5, 5.41) is 12.0. The van der Waals surface area contributed by atoms with E-state index in [0.717, 1.165) is 32.5 Å². The van der Waals surface area contributed by atoms with Crippen LogP contribution in [0.4, 0.5) is 0 Å². The Kier molecular flexibility index (Phi) is 4.11. The number of aromatic nitrogens is 4. The van der Waals surface area contributed by atoms with E-state index >= 15 is 0 Å². The number of halogens is 1. The number of benzene rings is 2. The molecule has 0 aliphatic carbocycles. The Labute approximate surface area is 148 Å². The molecule has 0 N–H and O–H groups in total. The van der Waals surface area contributed by atoms with Gasteiger partial charge in [-0.15, -0.1) is 16.4 Å². The van der Waals surface area contributed by atoms with Crippen molar-refractivity contribution in [1.29, 1.82) is 0 Å². The minimum atomic E-state index is 0.592. The van der Waals surface area contributed by atoms with Gasteiger partial charge in [-0.1, -0.05) is 59.3 Å². The lowest BCUT2D eigenvalue weighted by molar-refractivity contribution is 0.647. The van der Waals surface area contributed by atoms with Crippen molar-refractivity contribution >= 4 is 22.9 Å². The third-order valence-electron chi connectivity index (χ3n) is 3.64. The topological polar surface area (TPSA) is 43.6 Å². The maximum atomic E-state index is 5.94. The lowest BCUT2D eigenvalue weighted by atomic mass is 10.2. The summed E-state index contributed by atoms with van der Waals surface area (Å²) in [5.74, 6) is 0. The van der Waals surface area contributed by atoms with Crippen molar-refractivity contribution in [2.75, 3.05) is 0 Å². The Hall–Kier alpha value is -2.50. The van der Waals surface area contributed by atoms with Gasteiger partial charge in [-0.3, -0.25) is 0 Å². The smallest absolute Gasteiger partial charge is 0.123 e. The second kappa shape index (κ2) is 6.55. The summed E-state index contributed by atoms with van der Waals surface area (Å²) >= 11 is 7.56. The van der Waals surface area contributed by atoms with E-state index in [1.165, 1.54) is 0 Å². The first-order valence-corrected chi connectivity index (χ1v) is 8.69. The normalized spacial score (nSPS) is 10.9. The largest absolute Gasteiger partial charge is 0.239 e. The maximum Gasteiger partial charge on any atom is 0.123 e. The highest BCUT2D eigenvalue weighted by Gasteiger charge is 2.10. The van der Waals surface area contributed by atoms with Gasteiger partial charge < -0.3 is 0 Å². The highest BCUT2D eigenvalue weighted by Crippen LogP contribution is 2.26. The fourth-order valence-corrected chi connectivity index (χ4v) is 3.41. The number of thiazole rings is 1. The number of nitrogens with zero attached hydrogens (tertiary/aromatic N) is 4. The maximum absolute atomic E-state index is 5.94. The molecule has 0 aliphatic rings. The molecular weight excluding hydrogens is 340 g/mol. The Bertz CT molecular complexity index is 945. The van der Waals surface area contributed by atoms with E-state index < -0.39 is 0 Å². The van der Waals surface area contributed by atoms with E-state index in [0.29, 0.717) is 6.54 Å². The van der Waals surface area contributed by atoms with Crippen molar-refractivity contribution < 1.29 is 0 Å². The lowest BCUT2D eigenvalue weighted by Crippen LogP contribution is -2.04. The van der Waals surface area contributed by atoms with Crippen molar-refractivity contribution in [2.45, 2.75) is 6.54 Å². The van der Waals surface area contributed by atoms with Crippen molar-refractivity contribution in [3.8, 4) is 21.8 Å². The molecule has 24 heavy (non-hydrogen) atoms. The quantitative estimate of drug-likeness (QED) is 0.531. The molecule has 0 atom stereocenters. The van der Waals surface area contributed by atoms with Gasteiger partial charge in [0.25, 0.3) is 0 Å².